The highest BCUT2D eigenvalue weighted by Crippen LogP contribution is 2.23. The van der Waals surface area contributed by atoms with Gasteiger partial charge in [0.2, 0.25) is 0 Å². The van der Waals surface area contributed by atoms with E-state index in [4.69, 9.17) is 19.9 Å². The van der Waals surface area contributed by atoms with Crippen LogP contribution in [-0.4, -0.2) is 22.2 Å². The van der Waals surface area contributed by atoms with Gasteiger partial charge >= 0.3 is 11.9 Å². The van der Waals surface area contributed by atoms with E-state index in [1.54, 1.807) is 24.3 Å². The van der Waals surface area contributed by atoms with Crippen LogP contribution in [0.4, 0.5) is 0 Å². The smallest absolute Gasteiger partial charge is 0.346 e. The molecule has 1 aromatic carbocycles. The highest BCUT2D eigenvalue weighted by molar-refractivity contribution is 5.96. The second-order valence-corrected chi connectivity index (χ2v) is 4.06. The summed E-state index contributed by atoms with van der Waals surface area (Å²) < 4.78 is 5.41. The largest absolute Gasteiger partial charge is 0.478 e. The Morgan fingerprint density at radius 3 is 2.29 bits per heavy atom. The molecule has 2 rings (SSSR count). The zero-order valence-electron chi connectivity index (χ0n) is 10.6. The van der Waals surface area contributed by atoms with Crippen LogP contribution >= 0.6 is 0 Å². The van der Waals surface area contributed by atoms with E-state index in [9.17, 15) is 9.59 Å². The maximum Gasteiger partial charge on any atom is 0.346 e. The average Bonchev–Trinajstić information content (AvgIpc) is 2.93. The van der Waals surface area contributed by atoms with E-state index in [2.05, 4.69) is 0 Å². The normalized spacial score (nSPS) is 10.9. The molecule has 0 unspecified atom stereocenters. The zero-order valence-corrected chi connectivity index (χ0v) is 10.6. The molecule has 0 spiro atoms. The number of carbonyl (C=O) groups is 2. The van der Waals surface area contributed by atoms with E-state index < -0.39 is 17.5 Å². The lowest BCUT2D eigenvalue weighted by molar-refractivity contribution is -0.132. The molecule has 2 aromatic rings. The number of nitrogens with zero attached hydrogens (tertiary/aromatic N) is 1. The number of aromatic carboxylic acids is 1. The molecule has 0 saturated carbocycles. The fourth-order valence-corrected chi connectivity index (χ4v) is 1.65. The van der Waals surface area contributed by atoms with Crippen LogP contribution in [0, 0.1) is 11.3 Å². The molecular weight excluding hydrogens is 274 g/mol. The predicted octanol–water partition coefficient (Wildman–Crippen LogP) is 2.64. The van der Waals surface area contributed by atoms with Gasteiger partial charge in [0.15, 0.2) is 0 Å². The van der Waals surface area contributed by atoms with Gasteiger partial charge in [0.25, 0.3) is 0 Å². The Labute approximate surface area is 119 Å². The summed E-state index contributed by atoms with van der Waals surface area (Å²) in [7, 11) is 0. The Bertz CT molecular complexity index is 762. The molecule has 21 heavy (non-hydrogen) atoms. The number of aliphatic carboxylic acids is 1. The van der Waals surface area contributed by atoms with Gasteiger partial charge in [-0.25, -0.2) is 9.59 Å². The first-order valence-electron chi connectivity index (χ1n) is 5.80. The third-order valence-corrected chi connectivity index (χ3v) is 2.68. The van der Waals surface area contributed by atoms with E-state index >= 15 is 0 Å². The summed E-state index contributed by atoms with van der Waals surface area (Å²) in [4.78, 5) is 21.5. The van der Waals surface area contributed by atoms with Gasteiger partial charge in [-0.2, -0.15) is 5.26 Å². The molecule has 1 aromatic heterocycles. The second kappa shape index (κ2) is 5.75. The molecular formula is C15H9NO5. The lowest BCUT2D eigenvalue weighted by Gasteiger charge is -1.98. The summed E-state index contributed by atoms with van der Waals surface area (Å²) in [6.07, 6.45) is 1.12. The third kappa shape index (κ3) is 3.16. The van der Waals surface area contributed by atoms with Gasteiger partial charge in [0, 0.05) is 11.6 Å². The van der Waals surface area contributed by atoms with Crippen LogP contribution in [0.3, 0.4) is 0 Å². The van der Waals surface area contributed by atoms with E-state index in [-0.39, 0.29) is 11.3 Å². The van der Waals surface area contributed by atoms with Gasteiger partial charge in [-0.3, -0.25) is 0 Å². The fraction of sp³-hybridized carbons (Fsp3) is 0. The molecule has 0 aliphatic heterocycles. The lowest BCUT2D eigenvalue weighted by Crippen LogP contribution is -1.96. The van der Waals surface area contributed by atoms with Gasteiger partial charge in [0.05, 0.1) is 5.56 Å². The lowest BCUT2D eigenvalue weighted by atomic mass is 10.1. The number of furan rings is 1. The molecule has 0 radical (unpaired) electrons. The van der Waals surface area contributed by atoms with Crippen molar-refractivity contribution in [3.05, 3.63) is 53.3 Å². The Kier molecular flexibility index (Phi) is 3.86. The van der Waals surface area contributed by atoms with Gasteiger partial charge in [-0.05, 0) is 24.3 Å². The van der Waals surface area contributed by atoms with E-state index in [0.717, 1.165) is 6.08 Å². The fourth-order valence-electron chi connectivity index (χ4n) is 1.65. The number of carboxylic acids is 2. The molecule has 1 heterocycles. The minimum atomic E-state index is -1.33. The maximum atomic E-state index is 10.8. The zero-order chi connectivity index (χ0) is 15.4. The van der Waals surface area contributed by atoms with Crippen LogP contribution in [0.15, 0.2) is 46.4 Å². The standard InChI is InChI=1S/C15H9NO5/c16-8-11(15(19)20)7-12-5-6-13(21-12)9-1-3-10(4-2-9)14(17)18/h1-7H,(H,17,18)(H,19,20). The summed E-state index contributed by atoms with van der Waals surface area (Å²) in [5.41, 5.74) is 0.369. The van der Waals surface area contributed by atoms with Crippen LogP contribution in [-0.2, 0) is 4.79 Å². The van der Waals surface area contributed by atoms with Gasteiger partial charge in [-0.15, -0.1) is 0 Å². The van der Waals surface area contributed by atoms with Crippen molar-refractivity contribution in [2.75, 3.05) is 0 Å². The monoisotopic (exact) mass is 283 g/mol. The van der Waals surface area contributed by atoms with Crippen molar-refractivity contribution < 1.29 is 24.2 Å². The van der Waals surface area contributed by atoms with Crippen molar-refractivity contribution in [2.45, 2.75) is 0 Å². The first-order valence-corrected chi connectivity index (χ1v) is 5.80. The summed E-state index contributed by atoms with van der Waals surface area (Å²) in [6.45, 7) is 0. The number of benzene rings is 1. The Hall–Kier alpha value is -3.33. The van der Waals surface area contributed by atoms with Crippen LogP contribution in [0.1, 0.15) is 16.1 Å². The molecule has 6 heteroatoms. The predicted molar refractivity (Wildman–Crippen MR) is 72.3 cm³/mol. The quantitative estimate of drug-likeness (QED) is 0.659. The molecule has 0 bridgehead atoms. The molecule has 0 aliphatic carbocycles. The van der Waals surface area contributed by atoms with Crippen LogP contribution in [0.25, 0.3) is 17.4 Å². The number of hydrogen-bond donors (Lipinski definition) is 2. The Morgan fingerprint density at radius 1 is 1.10 bits per heavy atom. The second-order valence-electron chi connectivity index (χ2n) is 4.06. The van der Waals surface area contributed by atoms with Crippen molar-refractivity contribution in [3.8, 4) is 17.4 Å². The SMILES string of the molecule is N#CC(=Cc1ccc(-c2ccc(C(=O)O)cc2)o1)C(=O)O. The van der Waals surface area contributed by atoms with Gasteiger partial charge in [-0.1, -0.05) is 12.1 Å². The molecule has 0 saturated heterocycles. The highest BCUT2D eigenvalue weighted by atomic mass is 16.4. The molecule has 6 nitrogen and oxygen atoms in total. The first-order chi connectivity index (χ1) is 10.0. The minimum Gasteiger partial charge on any atom is -0.478 e. The average molecular weight is 283 g/mol. The first kappa shape index (κ1) is 14.1. The molecule has 104 valence electrons. The summed E-state index contributed by atoms with van der Waals surface area (Å²) in [5.74, 6) is -1.68. The van der Waals surface area contributed by atoms with E-state index in [0.29, 0.717) is 11.3 Å². The van der Waals surface area contributed by atoms with Crippen molar-refractivity contribution in [1.29, 1.82) is 5.26 Å². The molecule has 0 fully saturated rings. The molecule has 0 atom stereocenters. The number of hydrogen-bond acceptors (Lipinski definition) is 4. The van der Waals surface area contributed by atoms with E-state index in [1.165, 1.54) is 18.2 Å². The minimum absolute atomic E-state index is 0.156. The van der Waals surface area contributed by atoms with Gasteiger partial charge < -0.3 is 14.6 Å². The summed E-state index contributed by atoms with van der Waals surface area (Å²) >= 11 is 0. The summed E-state index contributed by atoms with van der Waals surface area (Å²) in [6, 6.07) is 10.7. The molecule has 0 amide bonds. The van der Waals surface area contributed by atoms with Crippen molar-refractivity contribution in [3.63, 3.8) is 0 Å². The van der Waals surface area contributed by atoms with Crippen molar-refractivity contribution in [1.82, 2.24) is 0 Å². The van der Waals surface area contributed by atoms with Crippen LogP contribution < -0.4 is 0 Å². The topological polar surface area (TPSA) is 112 Å². The van der Waals surface area contributed by atoms with Crippen molar-refractivity contribution in [2.24, 2.45) is 0 Å². The maximum absolute atomic E-state index is 10.8. The Balaban J connectivity index is 2.30. The third-order valence-electron chi connectivity index (χ3n) is 2.68. The number of nitriles is 1. The van der Waals surface area contributed by atoms with Crippen LogP contribution in [0.5, 0.6) is 0 Å². The van der Waals surface area contributed by atoms with Gasteiger partial charge in [0.1, 0.15) is 23.2 Å². The number of carboxylic acid groups (broad SMARTS) is 2. The Morgan fingerprint density at radius 2 is 1.76 bits per heavy atom. The summed E-state index contributed by atoms with van der Waals surface area (Å²) in [5, 5.41) is 26.2. The highest BCUT2D eigenvalue weighted by Gasteiger charge is 2.09. The van der Waals surface area contributed by atoms with Crippen molar-refractivity contribution >= 4 is 18.0 Å². The molecule has 0 aliphatic rings. The molecule has 2 N–H and O–H groups in total. The van der Waals surface area contributed by atoms with Crippen LogP contribution in [0.2, 0.25) is 0 Å². The number of rotatable bonds is 4. The van der Waals surface area contributed by atoms with E-state index in [1.807, 2.05) is 0 Å².